The summed E-state index contributed by atoms with van der Waals surface area (Å²) in [6, 6.07) is 8.21. The summed E-state index contributed by atoms with van der Waals surface area (Å²) < 4.78 is 24.3. The molecule has 1 aromatic heterocycles. The molecule has 0 saturated carbocycles. The van der Waals surface area contributed by atoms with Crippen molar-refractivity contribution in [1.82, 2.24) is 25.4 Å². The second-order valence-electron chi connectivity index (χ2n) is 6.30. The third-order valence-electron chi connectivity index (χ3n) is 3.79. The molecule has 10 heteroatoms. The monoisotopic (exact) mass is 506 g/mol. The van der Waals surface area contributed by atoms with E-state index in [2.05, 4.69) is 31.8 Å². The fraction of sp³-hybridized carbons (Fsp3) is 0.471. The Labute approximate surface area is 177 Å². The van der Waals surface area contributed by atoms with Gasteiger partial charge in [0.2, 0.25) is 0 Å². The smallest absolute Gasteiger partial charge is 0.191 e. The molecule has 0 aliphatic heterocycles. The molecule has 0 amide bonds. The number of nitrogens with one attached hydrogen (secondary N) is 2. The van der Waals surface area contributed by atoms with Crippen LogP contribution in [0.15, 0.2) is 41.9 Å². The summed E-state index contributed by atoms with van der Waals surface area (Å²) in [5.41, 5.74) is 2.26. The number of halogens is 1. The highest BCUT2D eigenvalue weighted by atomic mass is 127. The Morgan fingerprint density at radius 1 is 1.33 bits per heavy atom. The van der Waals surface area contributed by atoms with Crippen molar-refractivity contribution in [3.05, 3.63) is 48.0 Å². The highest BCUT2D eigenvalue weighted by molar-refractivity contribution is 14.0. The fourth-order valence-corrected chi connectivity index (χ4v) is 3.20. The maximum Gasteiger partial charge on any atom is 0.191 e. The maximum absolute atomic E-state index is 11.3. The van der Waals surface area contributed by atoms with Gasteiger partial charge in [-0.15, -0.1) is 24.0 Å². The zero-order chi connectivity index (χ0) is 19.0. The Hall–Kier alpha value is -1.69. The number of hydrogen-bond acceptors (Lipinski definition) is 5. The van der Waals surface area contributed by atoms with E-state index in [0.717, 1.165) is 11.1 Å². The highest BCUT2D eigenvalue weighted by Crippen LogP contribution is 2.06. The van der Waals surface area contributed by atoms with Gasteiger partial charge in [0.05, 0.1) is 12.3 Å². The SMILES string of the molecule is CN=C(NCc1cccc(Cn2cncn2)c1)NC(C)CCS(C)(=O)=O.I. The molecule has 1 heterocycles. The molecular weight excluding hydrogens is 479 g/mol. The number of hydrogen-bond donors (Lipinski definition) is 2. The Kier molecular flexibility index (Phi) is 9.70. The number of aromatic nitrogens is 3. The molecular formula is C17H27IN6O2S. The molecule has 0 spiro atoms. The summed E-state index contributed by atoms with van der Waals surface area (Å²) in [7, 11) is -1.26. The lowest BCUT2D eigenvalue weighted by Crippen LogP contribution is -2.42. The minimum absolute atomic E-state index is 0. The molecule has 0 aliphatic rings. The standard InChI is InChI=1S/C17H26N6O2S.HI/c1-14(7-8-26(3,24)25)22-17(18-2)20-10-15-5-4-6-16(9-15)11-23-13-19-12-21-23;/h4-6,9,12-14H,7-8,10-11H2,1-3H3,(H2,18,20,22);1H. The Morgan fingerprint density at radius 3 is 2.70 bits per heavy atom. The molecule has 0 radical (unpaired) electrons. The van der Waals surface area contributed by atoms with Gasteiger partial charge in [-0.2, -0.15) is 5.10 Å². The van der Waals surface area contributed by atoms with Crippen LogP contribution in [0, 0.1) is 0 Å². The van der Waals surface area contributed by atoms with Gasteiger partial charge in [0.15, 0.2) is 5.96 Å². The Balaban J connectivity index is 0.00000364. The first-order valence-electron chi connectivity index (χ1n) is 8.41. The third kappa shape index (κ3) is 9.18. The van der Waals surface area contributed by atoms with E-state index in [9.17, 15) is 8.42 Å². The number of nitrogens with zero attached hydrogens (tertiary/aromatic N) is 4. The zero-order valence-corrected chi connectivity index (χ0v) is 18.9. The molecule has 8 nitrogen and oxygen atoms in total. The number of sulfone groups is 1. The van der Waals surface area contributed by atoms with Gasteiger partial charge in [-0.25, -0.2) is 18.1 Å². The molecule has 0 aliphatic carbocycles. The molecule has 150 valence electrons. The van der Waals surface area contributed by atoms with Crippen LogP contribution in [0.4, 0.5) is 0 Å². The summed E-state index contributed by atoms with van der Waals surface area (Å²) in [4.78, 5) is 8.14. The van der Waals surface area contributed by atoms with Gasteiger partial charge >= 0.3 is 0 Å². The van der Waals surface area contributed by atoms with Crippen LogP contribution in [0.3, 0.4) is 0 Å². The van der Waals surface area contributed by atoms with Crippen LogP contribution < -0.4 is 10.6 Å². The molecule has 0 bridgehead atoms. The van der Waals surface area contributed by atoms with Crippen LogP contribution in [0.25, 0.3) is 0 Å². The molecule has 2 aromatic rings. The fourth-order valence-electron chi connectivity index (χ4n) is 2.42. The van der Waals surface area contributed by atoms with Gasteiger partial charge in [-0.1, -0.05) is 24.3 Å². The minimum atomic E-state index is -2.96. The normalized spacial score (nSPS) is 12.9. The van der Waals surface area contributed by atoms with Crippen molar-refractivity contribution >= 4 is 39.8 Å². The van der Waals surface area contributed by atoms with Crippen molar-refractivity contribution in [2.45, 2.75) is 32.5 Å². The Bertz CT molecular complexity index is 824. The number of aliphatic imine (C=N–C) groups is 1. The van der Waals surface area contributed by atoms with Crippen molar-refractivity contribution in [1.29, 1.82) is 0 Å². The van der Waals surface area contributed by atoms with Crippen molar-refractivity contribution in [3.63, 3.8) is 0 Å². The van der Waals surface area contributed by atoms with E-state index in [1.54, 1.807) is 18.1 Å². The number of rotatable bonds is 8. The topological polar surface area (TPSA) is 101 Å². The van der Waals surface area contributed by atoms with Gasteiger partial charge in [0.1, 0.15) is 22.5 Å². The van der Waals surface area contributed by atoms with Crippen LogP contribution >= 0.6 is 24.0 Å². The average molecular weight is 506 g/mol. The largest absolute Gasteiger partial charge is 0.354 e. The second kappa shape index (κ2) is 11.2. The summed E-state index contributed by atoms with van der Waals surface area (Å²) in [5.74, 6) is 0.801. The van der Waals surface area contributed by atoms with Crippen molar-refractivity contribution < 1.29 is 8.42 Å². The molecule has 27 heavy (non-hydrogen) atoms. The zero-order valence-electron chi connectivity index (χ0n) is 15.8. The summed E-state index contributed by atoms with van der Waals surface area (Å²) in [6.45, 7) is 3.23. The van der Waals surface area contributed by atoms with E-state index in [4.69, 9.17) is 0 Å². The van der Waals surface area contributed by atoms with E-state index in [-0.39, 0.29) is 35.8 Å². The van der Waals surface area contributed by atoms with Gasteiger partial charge in [-0.05, 0) is 24.5 Å². The summed E-state index contributed by atoms with van der Waals surface area (Å²) in [6.07, 6.45) is 4.99. The molecule has 1 aromatic carbocycles. The van der Waals surface area contributed by atoms with Crippen LogP contribution in [0.5, 0.6) is 0 Å². The maximum atomic E-state index is 11.3. The van der Waals surface area contributed by atoms with E-state index in [1.165, 1.54) is 12.6 Å². The lowest BCUT2D eigenvalue weighted by molar-refractivity contribution is 0.581. The lowest BCUT2D eigenvalue weighted by atomic mass is 10.1. The molecule has 0 saturated heterocycles. The molecule has 1 unspecified atom stereocenters. The molecule has 1 atom stereocenters. The minimum Gasteiger partial charge on any atom is -0.354 e. The molecule has 0 fully saturated rings. The first-order chi connectivity index (χ1) is 12.4. The van der Waals surface area contributed by atoms with E-state index in [1.807, 2.05) is 25.1 Å². The first-order valence-corrected chi connectivity index (χ1v) is 10.5. The number of benzene rings is 1. The van der Waals surface area contributed by atoms with Gasteiger partial charge in [0.25, 0.3) is 0 Å². The second-order valence-corrected chi connectivity index (χ2v) is 8.56. The van der Waals surface area contributed by atoms with Crippen LogP contribution in [0.1, 0.15) is 24.5 Å². The molecule has 2 N–H and O–H groups in total. The van der Waals surface area contributed by atoms with Gasteiger partial charge in [0, 0.05) is 25.9 Å². The van der Waals surface area contributed by atoms with Gasteiger partial charge in [-0.3, -0.25) is 4.99 Å². The summed E-state index contributed by atoms with van der Waals surface area (Å²) in [5, 5.41) is 10.6. The first kappa shape index (κ1) is 23.3. The third-order valence-corrected chi connectivity index (χ3v) is 4.77. The predicted molar refractivity (Wildman–Crippen MR) is 118 cm³/mol. The van der Waals surface area contributed by atoms with Gasteiger partial charge < -0.3 is 10.6 Å². The number of guanidine groups is 1. The lowest BCUT2D eigenvalue weighted by Gasteiger charge is -2.18. The Morgan fingerprint density at radius 2 is 2.07 bits per heavy atom. The van der Waals surface area contributed by atoms with Crippen molar-refractivity contribution in [3.8, 4) is 0 Å². The quantitative estimate of drug-likeness (QED) is 0.319. The van der Waals surface area contributed by atoms with Crippen molar-refractivity contribution in [2.75, 3.05) is 19.1 Å². The average Bonchev–Trinajstić information content (AvgIpc) is 3.09. The van der Waals surface area contributed by atoms with Crippen LogP contribution in [0.2, 0.25) is 0 Å². The van der Waals surface area contributed by atoms with E-state index >= 15 is 0 Å². The van der Waals surface area contributed by atoms with E-state index < -0.39 is 9.84 Å². The molecule has 2 rings (SSSR count). The van der Waals surface area contributed by atoms with Crippen molar-refractivity contribution in [2.24, 2.45) is 4.99 Å². The van der Waals surface area contributed by atoms with E-state index in [0.29, 0.717) is 25.5 Å². The van der Waals surface area contributed by atoms with Crippen LogP contribution in [-0.2, 0) is 22.9 Å². The summed E-state index contributed by atoms with van der Waals surface area (Å²) >= 11 is 0. The highest BCUT2D eigenvalue weighted by Gasteiger charge is 2.09. The predicted octanol–water partition coefficient (Wildman–Crippen LogP) is 1.43. The van der Waals surface area contributed by atoms with Crippen LogP contribution in [-0.4, -0.2) is 54.2 Å².